The second-order valence-corrected chi connectivity index (χ2v) is 7.19. The summed E-state index contributed by atoms with van der Waals surface area (Å²) in [6, 6.07) is 11.8. The van der Waals surface area contributed by atoms with E-state index in [9.17, 15) is 9.90 Å². The highest BCUT2D eigenvalue weighted by Gasteiger charge is 2.11. The molecule has 0 atom stereocenters. The first kappa shape index (κ1) is 19.5. The van der Waals surface area contributed by atoms with E-state index in [1.165, 1.54) is 6.26 Å². The van der Waals surface area contributed by atoms with Crippen LogP contribution < -0.4 is 10.2 Å². The van der Waals surface area contributed by atoms with Gasteiger partial charge in [0.2, 0.25) is 0 Å². The monoisotopic (exact) mass is 395 g/mol. The molecule has 0 saturated carbocycles. The van der Waals surface area contributed by atoms with Crippen molar-refractivity contribution in [3.63, 3.8) is 0 Å². The molecule has 0 radical (unpaired) electrons. The zero-order chi connectivity index (χ0) is 20.1. The molecule has 2 aromatic carbocycles. The maximum atomic E-state index is 12.8. The number of nitrogens with zero attached hydrogens (tertiary/aromatic N) is 1. The van der Waals surface area contributed by atoms with Crippen LogP contribution in [0.3, 0.4) is 0 Å². The van der Waals surface area contributed by atoms with Gasteiger partial charge in [-0.3, -0.25) is 9.69 Å². The number of phenols is 1. The lowest BCUT2D eigenvalue weighted by Gasteiger charge is -2.26. The lowest BCUT2D eigenvalue weighted by molar-refractivity contribution is 0.0368. The highest BCUT2D eigenvalue weighted by molar-refractivity contribution is 5.82. The van der Waals surface area contributed by atoms with Crippen LogP contribution in [0.4, 0.5) is 0 Å². The molecular weight excluding hydrogens is 370 g/mol. The number of hydrogen-bond donors (Lipinski definition) is 1. The fourth-order valence-electron chi connectivity index (χ4n) is 3.49. The molecule has 6 nitrogen and oxygen atoms in total. The van der Waals surface area contributed by atoms with Gasteiger partial charge in [0.25, 0.3) is 0 Å². The van der Waals surface area contributed by atoms with Gasteiger partial charge in [0, 0.05) is 19.2 Å². The van der Waals surface area contributed by atoms with Gasteiger partial charge in [0.15, 0.2) is 5.43 Å². The number of unbranched alkanes of at least 4 members (excludes halogenated alkanes) is 1. The third kappa shape index (κ3) is 4.78. The Labute approximate surface area is 169 Å². The quantitative estimate of drug-likeness (QED) is 0.616. The second kappa shape index (κ2) is 9.11. The highest BCUT2D eigenvalue weighted by atomic mass is 16.5. The standard InChI is InChI=1S/C23H25NO5/c25-18-5-3-17(4-6-18)21-16-29-22-15-19(7-8-20(22)23(21)26)28-12-2-1-9-24-10-13-27-14-11-24/h3-8,15-16,25H,1-2,9-14H2. The maximum Gasteiger partial charge on any atom is 0.200 e. The van der Waals surface area contributed by atoms with Gasteiger partial charge in [-0.25, -0.2) is 0 Å². The number of hydrogen-bond acceptors (Lipinski definition) is 6. The zero-order valence-electron chi connectivity index (χ0n) is 16.3. The van der Waals surface area contributed by atoms with E-state index >= 15 is 0 Å². The van der Waals surface area contributed by atoms with Crippen LogP contribution in [0.1, 0.15) is 12.8 Å². The van der Waals surface area contributed by atoms with Gasteiger partial charge in [-0.15, -0.1) is 0 Å². The Morgan fingerprint density at radius 2 is 1.83 bits per heavy atom. The molecule has 1 saturated heterocycles. The Morgan fingerprint density at radius 3 is 2.62 bits per heavy atom. The number of benzene rings is 2. The van der Waals surface area contributed by atoms with Crippen LogP contribution >= 0.6 is 0 Å². The SMILES string of the molecule is O=c1c(-c2ccc(O)cc2)coc2cc(OCCCCN3CCOCC3)ccc12. The minimum Gasteiger partial charge on any atom is -0.508 e. The van der Waals surface area contributed by atoms with Crippen LogP contribution in [0.5, 0.6) is 11.5 Å². The van der Waals surface area contributed by atoms with Gasteiger partial charge in [0.05, 0.1) is 30.8 Å². The molecule has 2 heterocycles. The molecule has 29 heavy (non-hydrogen) atoms. The summed E-state index contributed by atoms with van der Waals surface area (Å²) in [6.07, 6.45) is 3.51. The van der Waals surface area contributed by atoms with Gasteiger partial charge < -0.3 is 19.0 Å². The van der Waals surface area contributed by atoms with Crippen molar-refractivity contribution in [1.29, 1.82) is 0 Å². The van der Waals surface area contributed by atoms with Crippen molar-refractivity contribution in [3.05, 3.63) is 59.0 Å². The van der Waals surface area contributed by atoms with E-state index in [0.29, 0.717) is 34.5 Å². The average molecular weight is 395 g/mol. The highest BCUT2D eigenvalue weighted by Crippen LogP contribution is 2.24. The minimum atomic E-state index is -0.103. The van der Waals surface area contributed by atoms with Crippen LogP contribution in [0, 0.1) is 0 Å². The van der Waals surface area contributed by atoms with Crippen molar-refractivity contribution in [2.75, 3.05) is 39.5 Å². The molecule has 0 aliphatic carbocycles. The molecule has 1 fully saturated rings. The van der Waals surface area contributed by atoms with Crippen molar-refractivity contribution in [2.45, 2.75) is 12.8 Å². The summed E-state index contributed by atoms with van der Waals surface area (Å²) in [5.74, 6) is 0.857. The molecule has 3 aromatic rings. The molecule has 4 rings (SSSR count). The molecule has 0 amide bonds. The summed E-state index contributed by atoms with van der Waals surface area (Å²) in [7, 11) is 0. The van der Waals surface area contributed by atoms with E-state index in [1.807, 2.05) is 6.07 Å². The number of ether oxygens (including phenoxy) is 2. The first-order valence-corrected chi connectivity index (χ1v) is 9.98. The molecule has 1 aromatic heterocycles. The van der Waals surface area contributed by atoms with Crippen LogP contribution in [0.15, 0.2) is 57.9 Å². The number of phenolic OH excluding ortho intramolecular Hbond substituents is 1. The van der Waals surface area contributed by atoms with E-state index in [-0.39, 0.29) is 11.2 Å². The Kier molecular flexibility index (Phi) is 6.12. The number of fused-ring (bicyclic) bond motifs is 1. The topological polar surface area (TPSA) is 72.1 Å². The van der Waals surface area contributed by atoms with Crippen molar-refractivity contribution in [3.8, 4) is 22.6 Å². The van der Waals surface area contributed by atoms with E-state index in [1.54, 1.807) is 36.4 Å². The fraction of sp³-hybridized carbons (Fsp3) is 0.348. The third-order valence-electron chi connectivity index (χ3n) is 5.17. The number of morpholine rings is 1. The van der Waals surface area contributed by atoms with Crippen molar-refractivity contribution in [2.24, 2.45) is 0 Å². The van der Waals surface area contributed by atoms with E-state index in [0.717, 1.165) is 45.7 Å². The van der Waals surface area contributed by atoms with Crippen LogP contribution in [-0.2, 0) is 4.74 Å². The maximum absolute atomic E-state index is 12.8. The zero-order valence-corrected chi connectivity index (χ0v) is 16.3. The number of aromatic hydroxyl groups is 1. The van der Waals surface area contributed by atoms with Crippen molar-refractivity contribution < 1.29 is 19.0 Å². The molecule has 0 unspecified atom stereocenters. The van der Waals surface area contributed by atoms with Gasteiger partial charge in [-0.2, -0.15) is 0 Å². The van der Waals surface area contributed by atoms with Crippen LogP contribution in [-0.4, -0.2) is 49.5 Å². The third-order valence-corrected chi connectivity index (χ3v) is 5.17. The normalized spacial score (nSPS) is 14.9. The molecule has 152 valence electrons. The van der Waals surface area contributed by atoms with Gasteiger partial charge >= 0.3 is 0 Å². The largest absolute Gasteiger partial charge is 0.508 e. The average Bonchev–Trinajstić information content (AvgIpc) is 2.75. The van der Waals surface area contributed by atoms with Crippen molar-refractivity contribution >= 4 is 11.0 Å². The Balaban J connectivity index is 1.37. The van der Waals surface area contributed by atoms with Crippen LogP contribution in [0.25, 0.3) is 22.1 Å². The van der Waals surface area contributed by atoms with Crippen LogP contribution in [0.2, 0.25) is 0 Å². The van der Waals surface area contributed by atoms with Gasteiger partial charge in [-0.05, 0) is 49.2 Å². The van der Waals surface area contributed by atoms with E-state index < -0.39 is 0 Å². The second-order valence-electron chi connectivity index (χ2n) is 7.19. The van der Waals surface area contributed by atoms with Gasteiger partial charge in [-0.1, -0.05) is 12.1 Å². The van der Waals surface area contributed by atoms with E-state index in [2.05, 4.69) is 4.90 Å². The predicted molar refractivity (Wildman–Crippen MR) is 112 cm³/mol. The van der Waals surface area contributed by atoms with E-state index in [4.69, 9.17) is 13.9 Å². The molecule has 1 N–H and O–H groups in total. The summed E-state index contributed by atoms with van der Waals surface area (Å²) >= 11 is 0. The fourth-order valence-corrected chi connectivity index (χ4v) is 3.49. The molecule has 1 aliphatic rings. The summed E-state index contributed by atoms with van der Waals surface area (Å²) < 4.78 is 16.9. The minimum absolute atomic E-state index is 0.103. The first-order chi connectivity index (χ1) is 14.2. The Morgan fingerprint density at radius 1 is 1.03 bits per heavy atom. The lowest BCUT2D eigenvalue weighted by atomic mass is 10.1. The Hall–Kier alpha value is -2.83. The molecular formula is C23H25NO5. The summed E-state index contributed by atoms with van der Waals surface area (Å²) in [4.78, 5) is 15.2. The summed E-state index contributed by atoms with van der Waals surface area (Å²) in [5.41, 5.74) is 1.57. The number of rotatable bonds is 7. The predicted octanol–water partition coefficient (Wildman–Crippen LogP) is 3.66. The first-order valence-electron chi connectivity index (χ1n) is 9.98. The lowest BCUT2D eigenvalue weighted by Crippen LogP contribution is -2.36. The molecule has 6 heteroatoms. The molecule has 0 spiro atoms. The summed E-state index contributed by atoms with van der Waals surface area (Å²) in [5, 5.41) is 9.93. The summed E-state index contributed by atoms with van der Waals surface area (Å²) in [6.45, 7) is 5.37. The molecule has 1 aliphatic heterocycles. The van der Waals surface area contributed by atoms with Gasteiger partial charge in [0.1, 0.15) is 23.3 Å². The smallest absolute Gasteiger partial charge is 0.200 e. The molecule has 0 bridgehead atoms. The Bertz CT molecular complexity index is 1010. The van der Waals surface area contributed by atoms with Crippen molar-refractivity contribution in [1.82, 2.24) is 4.90 Å².